The number of thiazole rings is 1. The highest BCUT2D eigenvalue weighted by molar-refractivity contribution is 7.15. The Morgan fingerprint density at radius 1 is 0.927 bits per heavy atom. The first-order chi connectivity index (χ1) is 19.4. The average Bonchev–Trinajstić information content (AvgIpc) is 3.44. The predicted molar refractivity (Wildman–Crippen MR) is 150 cm³/mol. The van der Waals surface area contributed by atoms with Gasteiger partial charge in [0.1, 0.15) is 16.3 Å². The number of aromatic nitrogens is 3. The van der Waals surface area contributed by atoms with Crippen molar-refractivity contribution in [3.63, 3.8) is 0 Å². The van der Waals surface area contributed by atoms with Gasteiger partial charge < -0.3 is 15.5 Å². The van der Waals surface area contributed by atoms with E-state index in [1.54, 1.807) is 61.7 Å². The third kappa shape index (κ3) is 6.11. The maximum Gasteiger partial charge on any atom is 0.433 e. The third-order valence-electron chi connectivity index (χ3n) is 6.35. The maximum atomic E-state index is 13.1. The highest BCUT2D eigenvalue weighted by Crippen LogP contribution is 2.38. The fourth-order valence-electron chi connectivity index (χ4n) is 4.29. The van der Waals surface area contributed by atoms with Gasteiger partial charge in [-0.15, -0.1) is 11.3 Å². The van der Waals surface area contributed by atoms with Gasteiger partial charge in [-0.1, -0.05) is 36.4 Å². The minimum atomic E-state index is -4.59. The molecule has 0 saturated carbocycles. The summed E-state index contributed by atoms with van der Waals surface area (Å²) in [5.74, 6) is -1.21. The Labute approximate surface area is 237 Å². The molecule has 0 spiro atoms. The topological polar surface area (TPSA) is 108 Å². The normalized spacial score (nSPS) is 13.0. The van der Waals surface area contributed by atoms with Crippen LogP contribution in [0.3, 0.4) is 0 Å². The molecule has 208 valence electrons. The summed E-state index contributed by atoms with van der Waals surface area (Å²) in [4.78, 5) is 24.1. The van der Waals surface area contributed by atoms with Crippen molar-refractivity contribution in [1.29, 1.82) is 0 Å². The van der Waals surface area contributed by atoms with Gasteiger partial charge in [0.25, 0.3) is 0 Å². The molecule has 1 atom stereocenters. The summed E-state index contributed by atoms with van der Waals surface area (Å²) in [6.45, 7) is 3.49. The molecule has 11 heteroatoms. The number of aliphatic hydroxyl groups is 1. The van der Waals surface area contributed by atoms with Crippen molar-refractivity contribution in [2.75, 3.05) is 5.32 Å². The Kier molecular flexibility index (Phi) is 7.33. The minimum Gasteiger partial charge on any atom is -0.478 e. The van der Waals surface area contributed by atoms with Gasteiger partial charge in [-0.3, -0.25) is 0 Å². The molecule has 0 aliphatic carbocycles. The number of carboxylic acid groups (broad SMARTS) is 1. The van der Waals surface area contributed by atoms with E-state index in [0.717, 1.165) is 33.8 Å². The van der Waals surface area contributed by atoms with Crippen LogP contribution in [0.15, 0.2) is 85.2 Å². The van der Waals surface area contributed by atoms with Crippen LogP contribution in [0.1, 0.15) is 39.1 Å². The summed E-state index contributed by atoms with van der Waals surface area (Å²) in [6.07, 6.45) is -1.91. The van der Waals surface area contributed by atoms with Crippen LogP contribution in [0.4, 0.5) is 24.8 Å². The second kappa shape index (κ2) is 10.8. The number of carbonyl (C=O) groups is 1. The fourth-order valence-corrected chi connectivity index (χ4v) is 5.26. The Balaban J connectivity index is 1.43. The molecule has 3 N–H and O–H groups in total. The van der Waals surface area contributed by atoms with E-state index in [9.17, 15) is 28.2 Å². The van der Waals surface area contributed by atoms with E-state index < -0.39 is 23.4 Å². The van der Waals surface area contributed by atoms with Crippen molar-refractivity contribution in [1.82, 2.24) is 15.0 Å². The quantitative estimate of drug-likeness (QED) is 0.187. The van der Waals surface area contributed by atoms with E-state index >= 15 is 0 Å². The number of halogens is 3. The zero-order valence-electron chi connectivity index (χ0n) is 21.8. The number of hydrogen-bond acceptors (Lipinski definition) is 7. The van der Waals surface area contributed by atoms with Crippen molar-refractivity contribution in [2.45, 2.75) is 25.6 Å². The molecule has 0 radical (unpaired) electrons. The number of nitrogens with one attached hydrogen (secondary N) is 1. The molecule has 2 heterocycles. The van der Waals surface area contributed by atoms with E-state index in [1.165, 1.54) is 17.4 Å². The van der Waals surface area contributed by atoms with Crippen LogP contribution in [-0.2, 0) is 11.8 Å². The molecule has 7 nitrogen and oxygen atoms in total. The van der Waals surface area contributed by atoms with Gasteiger partial charge in [-0.25, -0.2) is 19.7 Å². The fraction of sp³-hybridized carbons (Fsp3) is 0.133. The summed E-state index contributed by atoms with van der Waals surface area (Å²) < 4.78 is 39.2. The number of nitrogens with zero attached hydrogens (tertiary/aromatic N) is 3. The van der Waals surface area contributed by atoms with Gasteiger partial charge in [-0.05, 0) is 78.1 Å². The van der Waals surface area contributed by atoms with Gasteiger partial charge in [0.15, 0.2) is 0 Å². The van der Waals surface area contributed by atoms with Crippen LogP contribution in [0.5, 0.6) is 0 Å². The number of benzene rings is 3. The smallest absolute Gasteiger partial charge is 0.433 e. The van der Waals surface area contributed by atoms with Gasteiger partial charge >= 0.3 is 12.1 Å². The molecular formula is C30H23F3N4O3S. The van der Waals surface area contributed by atoms with Crippen LogP contribution in [-0.4, -0.2) is 31.1 Å². The van der Waals surface area contributed by atoms with Crippen LogP contribution < -0.4 is 5.32 Å². The lowest BCUT2D eigenvalue weighted by Crippen LogP contribution is -2.22. The van der Waals surface area contributed by atoms with Crippen molar-refractivity contribution in [2.24, 2.45) is 0 Å². The molecule has 5 rings (SSSR count). The van der Waals surface area contributed by atoms with E-state index in [0.29, 0.717) is 21.8 Å². The van der Waals surface area contributed by atoms with E-state index in [4.69, 9.17) is 0 Å². The van der Waals surface area contributed by atoms with Crippen LogP contribution in [0.2, 0.25) is 0 Å². The monoisotopic (exact) mass is 576 g/mol. The second-order valence-corrected chi connectivity index (χ2v) is 10.6. The molecule has 0 aliphatic rings. The molecule has 3 aromatic carbocycles. The number of alkyl halides is 3. The molecule has 5 aromatic rings. The third-order valence-corrected chi connectivity index (χ3v) is 7.61. The molecule has 2 aromatic heterocycles. The predicted octanol–water partition coefficient (Wildman–Crippen LogP) is 7.29. The summed E-state index contributed by atoms with van der Waals surface area (Å²) in [7, 11) is 0. The van der Waals surface area contributed by atoms with E-state index in [-0.39, 0.29) is 11.5 Å². The molecule has 0 bridgehead atoms. The lowest BCUT2D eigenvalue weighted by molar-refractivity contribution is -0.141. The van der Waals surface area contributed by atoms with E-state index in [1.807, 2.05) is 19.1 Å². The van der Waals surface area contributed by atoms with Crippen molar-refractivity contribution in [3.8, 4) is 21.6 Å². The zero-order valence-corrected chi connectivity index (χ0v) is 22.6. The molecule has 0 fully saturated rings. The number of anilines is 2. The molecule has 0 amide bonds. The Morgan fingerprint density at radius 3 is 2.39 bits per heavy atom. The van der Waals surface area contributed by atoms with E-state index in [2.05, 4.69) is 20.3 Å². The molecule has 0 saturated heterocycles. The van der Waals surface area contributed by atoms with Gasteiger partial charge in [0, 0.05) is 18.1 Å². The number of rotatable bonds is 7. The van der Waals surface area contributed by atoms with Gasteiger partial charge in [0.05, 0.1) is 10.4 Å². The summed E-state index contributed by atoms with van der Waals surface area (Å²) >= 11 is 1.28. The first-order valence-corrected chi connectivity index (χ1v) is 13.1. The molecule has 0 aliphatic heterocycles. The molecule has 1 unspecified atom stereocenters. The van der Waals surface area contributed by atoms with Crippen molar-refractivity contribution in [3.05, 3.63) is 113 Å². The SMILES string of the molecule is Cc1cc(Nc2nccc(C(F)(F)F)n2)cc(-c2cnc(C(C)(O)c3cccc(-c4cccc(C(=O)O)c4)c3)s2)c1. The summed E-state index contributed by atoms with van der Waals surface area (Å²) in [6, 6.07) is 20.0. The highest BCUT2D eigenvalue weighted by Gasteiger charge is 2.33. The van der Waals surface area contributed by atoms with Crippen molar-refractivity contribution >= 4 is 28.9 Å². The number of aromatic carboxylic acids is 1. The summed E-state index contributed by atoms with van der Waals surface area (Å²) in [5.41, 5.74) is 1.77. The zero-order chi connectivity index (χ0) is 29.4. The highest BCUT2D eigenvalue weighted by atomic mass is 32.1. The first kappa shape index (κ1) is 27.9. The summed E-state index contributed by atoms with van der Waals surface area (Å²) in [5, 5.41) is 24.2. The van der Waals surface area contributed by atoms with Gasteiger partial charge in [0.2, 0.25) is 5.95 Å². The Bertz CT molecular complexity index is 1750. The van der Waals surface area contributed by atoms with Crippen LogP contribution in [0, 0.1) is 6.92 Å². The number of aryl methyl sites for hydroxylation is 1. The second-order valence-electron chi connectivity index (χ2n) is 9.54. The minimum absolute atomic E-state index is 0.163. The maximum absolute atomic E-state index is 13.1. The first-order valence-electron chi connectivity index (χ1n) is 12.3. The average molecular weight is 577 g/mol. The van der Waals surface area contributed by atoms with Crippen LogP contribution >= 0.6 is 11.3 Å². The molecule has 41 heavy (non-hydrogen) atoms. The number of carboxylic acids is 1. The standard InChI is InChI=1S/C30H23F3N4O3S/c1-17-11-21(15-23(12-17)36-28-34-10-9-25(37-28)30(31,32)33)24-16-35-27(41-24)29(2,40)22-8-4-6-19(14-22)18-5-3-7-20(13-18)26(38)39/h3-16,40H,1-2H3,(H,38,39)(H,34,36,37). The number of hydrogen-bond donors (Lipinski definition) is 3. The van der Waals surface area contributed by atoms with Crippen LogP contribution in [0.25, 0.3) is 21.6 Å². The van der Waals surface area contributed by atoms with Gasteiger partial charge in [-0.2, -0.15) is 13.2 Å². The largest absolute Gasteiger partial charge is 0.478 e. The Morgan fingerprint density at radius 2 is 1.66 bits per heavy atom. The lowest BCUT2D eigenvalue weighted by Gasteiger charge is -2.22. The lowest BCUT2D eigenvalue weighted by atomic mass is 9.93. The Hall–Kier alpha value is -4.61. The van der Waals surface area contributed by atoms with Crippen molar-refractivity contribution < 1.29 is 28.2 Å². The molecular weight excluding hydrogens is 553 g/mol.